The molecule has 0 saturated carbocycles. The van der Waals surface area contributed by atoms with E-state index < -0.39 is 0 Å². The minimum absolute atomic E-state index is 0.348. The van der Waals surface area contributed by atoms with Crippen molar-refractivity contribution in [1.29, 1.82) is 0 Å². The molecule has 0 N–H and O–H groups in total. The Labute approximate surface area is 110 Å². The molecule has 0 spiro atoms. The predicted octanol–water partition coefficient (Wildman–Crippen LogP) is 3.09. The van der Waals surface area contributed by atoms with Crippen molar-refractivity contribution in [2.45, 2.75) is 25.5 Å². The number of carbonyl (C=O) groups is 1. The number of halogens is 1. The number of esters is 1. The molecule has 1 aromatic rings. The summed E-state index contributed by atoms with van der Waals surface area (Å²) in [7, 11) is 0. The van der Waals surface area contributed by atoms with Crippen molar-refractivity contribution in [2.75, 3.05) is 12.4 Å². The highest BCUT2D eigenvalue weighted by Gasteiger charge is 2.20. The highest BCUT2D eigenvalue weighted by atomic mass is 35.5. The zero-order valence-corrected chi connectivity index (χ0v) is 11.2. The first-order valence-electron chi connectivity index (χ1n) is 5.65. The van der Waals surface area contributed by atoms with Crippen molar-refractivity contribution >= 4 is 29.3 Å². The number of pyridine rings is 1. The van der Waals surface area contributed by atoms with Crippen LogP contribution in [0.1, 0.15) is 35.0 Å². The number of aryl methyl sites for hydroxylation is 1. The van der Waals surface area contributed by atoms with Gasteiger partial charge >= 0.3 is 5.97 Å². The zero-order valence-electron chi connectivity index (χ0n) is 9.66. The van der Waals surface area contributed by atoms with Crippen molar-refractivity contribution in [3.63, 3.8) is 0 Å². The number of hydrogen-bond donors (Lipinski definition) is 0. The largest absolute Gasteiger partial charge is 0.462 e. The van der Waals surface area contributed by atoms with Gasteiger partial charge in [0.2, 0.25) is 0 Å². The quantitative estimate of drug-likeness (QED) is 0.775. The van der Waals surface area contributed by atoms with Gasteiger partial charge in [-0.25, -0.2) is 4.79 Å². The lowest BCUT2D eigenvalue weighted by atomic mass is 10.1. The van der Waals surface area contributed by atoms with Gasteiger partial charge in [0.15, 0.2) is 0 Å². The Kier molecular flexibility index (Phi) is 4.29. The first-order valence-corrected chi connectivity index (χ1v) is 7.18. The van der Waals surface area contributed by atoms with Gasteiger partial charge in [-0.05, 0) is 25.5 Å². The van der Waals surface area contributed by atoms with Crippen molar-refractivity contribution < 1.29 is 9.53 Å². The number of hydrogen-bond acceptors (Lipinski definition) is 4. The molecule has 0 amide bonds. The lowest BCUT2D eigenvalue weighted by molar-refractivity contribution is 0.0526. The highest BCUT2D eigenvalue weighted by molar-refractivity contribution is 7.98. The van der Waals surface area contributed by atoms with Gasteiger partial charge in [-0.1, -0.05) is 11.6 Å². The van der Waals surface area contributed by atoms with Crippen LogP contribution in [-0.4, -0.2) is 23.3 Å². The van der Waals surface area contributed by atoms with Crippen LogP contribution in [-0.2, 0) is 16.9 Å². The van der Waals surface area contributed by atoms with Gasteiger partial charge in [0.05, 0.1) is 17.2 Å². The summed E-state index contributed by atoms with van der Waals surface area (Å²) in [5.41, 5.74) is 2.41. The monoisotopic (exact) mass is 271 g/mol. The SMILES string of the molecule is CCOC(=O)c1cnc2c(c1Cl)CSCCC2. The number of carbonyl (C=O) groups excluding carboxylic acids is 1. The number of fused-ring (bicyclic) bond motifs is 1. The first kappa shape index (κ1) is 12.7. The molecular formula is C12H14ClNO2S. The summed E-state index contributed by atoms with van der Waals surface area (Å²) >= 11 is 8.11. The van der Waals surface area contributed by atoms with Crippen LogP contribution < -0.4 is 0 Å². The molecule has 1 aliphatic heterocycles. The fourth-order valence-corrected chi connectivity index (χ4v) is 3.18. The van der Waals surface area contributed by atoms with Crippen molar-refractivity contribution in [2.24, 2.45) is 0 Å². The van der Waals surface area contributed by atoms with E-state index in [1.807, 2.05) is 11.8 Å². The summed E-state index contributed by atoms with van der Waals surface area (Å²) < 4.78 is 4.96. The molecule has 5 heteroatoms. The molecule has 0 fully saturated rings. The molecule has 1 aliphatic rings. The van der Waals surface area contributed by atoms with Crippen LogP contribution in [0, 0.1) is 0 Å². The molecule has 0 unspecified atom stereocenters. The third-order valence-corrected chi connectivity index (χ3v) is 4.15. The Morgan fingerprint density at radius 2 is 2.47 bits per heavy atom. The maximum atomic E-state index is 11.7. The summed E-state index contributed by atoms with van der Waals surface area (Å²) in [6.45, 7) is 2.12. The van der Waals surface area contributed by atoms with E-state index in [4.69, 9.17) is 16.3 Å². The zero-order chi connectivity index (χ0) is 12.3. The normalized spacial score (nSPS) is 14.9. The third kappa shape index (κ3) is 2.75. The summed E-state index contributed by atoms with van der Waals surface area (Å²) in [5, 5.41) is 0.517. The summed E-state index contributed by atoms with van der Waals surface area (Å²) in [6.07, 6.45) is 3.58. The van der Waals surface area contributed by atoms with E-state index in [0.29, 0.717) is 17.2 Å². The Morgan fingerprint density at radius 3 is 3.24 bits per heavy atom. The molecule has 2 heterocycles. The van der Waals surface area contributed by atoms with Crippen LogP contribution in [0.5, 0.6) is 0 Å². The first-order chi connectivity index (χ1) is 8.24. The van der Waals surface area contributed by atoms with Crippen molar-refractivity contribution in [3.8, 4) is 0 Å². The molecule has 0 radical (unpaired) electrons. The van der Waals surface area contributed by atoms with E-state index in [2.05, 4.69) is 4.98 Å². The van der Waals surface area contributed by atoms with Gasteiger partial charge in [0, 0.05) is 23.2 Å². The van der Waals surface area contributed by atoms with Crippen LogP contribution in [0.2, 0.25) is 5.02 Å². The molecule has 0 saturated heterocycles. The van der Waals surface area contributed by atoms with E-state index in [1.165, 1.54) is 6.20 Å². The Morgan fingerprint density at radius 1 is 1.65 bits per heavy atom. The maximum absolute atomic E-state index is 11.7. The number of nitrogens with zero attached hydrogens (tertiary/aromatic N) is 1. The van der Waals surface area contributed by atoms with Gasteiger partial charge in [0.25, 0.3) is 0 Å². The van der Waals surface area contributed by atoms with Gasteiger partial charge in [-0.15, -0.1) is 0 Å². The van der Waals surface area contributed by atoms with Crippen LogP contribution in [0.25, 0.3) is 0 Å². The third-order valence-electron chi connectivity index (χ3n) is 2.64. The average Bonchev–Trinajstić information content (AvgIpc) is 2.55. The maximum Gasteiger partial charge on any atom is 0.341 e. The standard InChI is InChI=1S/C12H14ClNO2S/c1-2-16-12(15)8-6-14-10-4-3-5-17-7-9(10)11(8)13/h6H,2-5,7H2,1H3. The van der Waals surface area contributed by atoms with Crippen LogP contribution in [0.3, 0.4) is 0 Å². The second kappa shape index (κ2) is 5.74. The molecule has 1 aromatic heterocycles. The molecule has 0 bridgehead atoms. The highest BCUT2D eigenvalue weighted by Crippen LogP contribution is 2.30. The molecule has 0 aromatic carbocycles. The van der Waals surface area contributed by atoms with E-state index >= 15 is 0 Å². The molecule has 92 valence electrons. The summed E-state index contributed by atoms with van der Waals surface area (Å²) in [4.78, 5) is 16.0. The van der Waals surface area contributed by atoms with Crippen molar-refractivity contribution in [3.05, 3.63) is 28.0 Å². The molecule has 0 aliphatic carbocycles. The van der Waals surface area contributed by atoms with Gasteiger partial charge in [0.1, 0.15) is 0 Å². The van der Waals surface area contributed by atoms with Gasteiger partial charge in [-0.3, -0.25) is 4.98 Å². The van der Waals surface area contributed by atoms with E-state index in [1.54, 1.807) is 6.92 Å². The molecule has 0 atom stereocenters. The molecule has 17 heavy (non-hydrogen) atoms. The minimum atomic E-state index is -0.387. The smallest absolute Gasteiger partial charge is 0.341 e. The minimum Gasteiger partial charge on any atom is -0.462 e. The van der Waals surface area contributed by atoms with Crippen LogP contribution in [0.15, 0.2) is 6.20 Å². The predicted molar refractivity (Wildman–Crippen MR) is 69.7 cm³/mol. The van der Waals surface area contributed by atoms with E-state index in [-0.39, 0.29) is 5.97 Å². The fraction of sp³-hybridized carbons (Fsp3) is 0.500. The van der Waals surface area contributed by atoms with E-state index in [0.717, 1.165) is 35.6 Å². The lowest BCUT2D eigenvalue weighted by Crippen LogP contribution is -2.09. The van der Waals surface area contributed by atoms with Crippen molar-refractivity contribution in [1.82, 2.24) is 4.98 Å². The molecular weight excluding hydrogens is 258 g/mol. The number of aromatic nitrogens is 1. The summed E-state index contributed by atoms with van der Waals surface area (Å²) in [6, 6.07) is 0. The van der Waals surface area contributed by atoms with E-state index in [9.17, 15) is 4.79 Å². The number of rotatable bonds is 2. The Bertz CT molecular complexity index is 437. The Hall–Kier alpha value is -0.740. The number of thioether (sulfide) groups is 1. The summed E-state index contributed by atoms with van der Waals surface area (Å²) in [5.74, 6) is 1.55. The lowest BCUT2D eigenvalue weighted by Gasteiger charge is -2.10. The molecule has 3 nitrogen and oxygen atoms in total. The van der Waals surface area contributed by atoms with Gasteiger partial charge in [-0.2, -0.15) is 11.8 Å². The average molecular weight is 272 g/mol. The van der Waals surface area contributed by atoms with Gasteiger partial charge < -0.3 is 4.74 Å². The topological polar surface area (TPSA) is 39.2 Å². The second-order valence-electron chi connectivity index (χ2n) is 3.79. The second-order valence-corrected chi connectivity index (χ2v) is 5.27. The number of ether oxygens (including phenoxy) is 1. The Balaban J connectivity index is 2.37. The fourth-order valence-electron chi connectivity index (χ4n) is 1.80. The van der Waals surface area contributed by atoms with Crippen LogP contribution in [0.4, 0.5) is 0 Å². The molecule has 2 rings (SSSR count). The van der Waals surface area contributed by atoms with Crippen LogP contribution >= 0.6 is 23.4 Å².